The van der Waals surface area contributed by atoms with Gasteiger partial charge in [0.2, 0.25) is 0 Å². The molecule has 3 N–H and O–H groups in total. The van der Waals surface area contributed by atoms with Crippen molar-refractivity contribution in [2.45, 2.75) is 6.42 Å². The molecule has 0 bridgehead atoms. The van der Waals surface area contributed by atoms with E-state index in [0.717, 1.165) is 0 Å². The van der Waals surface area contributed by atoms with Crippen LogP contribution < -0.4 is 5.73 Å². The third-order valence-corrected chi connectivity index (χ3v) is 1.99. The Hall–Kier alpha value is -1.55. The number of allylic oxidation sites excluding steroid dienone is 1. The third kappa shape index (κ3) is 2.03. The first-order valence-electron chi connectivity index (χ1n) is 3.85. The molecule has 0 saturated heterocycles. The third-order valence-electron chi connectivity index (χ3n) is 1.59. The van der Waals surface area contributed by atoms with Crippen LogP contribution in [0, 0.1) is 0 Å². The molecule has 0 aromatic carbocycles. The van der Waals surface area contributed by atoms with Gasteiger partial charge in [0.05, 0.1) is 10.7 Å². The van der Waals surface area contributed by atoms with Crippen LogP contribution in [0.15, 0.2) is 18.7 Å². The van der Waals surface area contributed by atoms with E-state index in [1.54, 1.807) is 6.08 Å². The van der Waals surface area contributed by atoms with Gasteiger partial charge >= 0.3 is 5.97 Å². The minimum absolute atomic E-state index is 0.0229. The number of rotatable bonds is 3. The van der Waals surface area contributed by atoms with Gasteiger partial charge in [-0.3, -0.25) is 0 Å². The van der Waals surface area contributed by atoms with E-state index in [-0.39, 0.29) is 16.4 Å². The van der Waals surface area contributed by atoms with E-state index < -0.39 is 5.97 Å². The number of carboxylic acid groups (broad SMARTS) is 1. The number of anilines is 1. The van der Waals surface area contributed by atoms with Crippen LogP contribution in [-0.2, 0) is 6.42 Å². The molecule has 0 atom stereocenters. The predicted molar refractivity (Wildman–Crippen MR) is 54.5 cm³/mol. The molecule has 0 radical (unpaired) electrons. The molecule has 0 amide bonds. The van der Waals surface area contributed by atoms with Gasteiger partial charge in [-0.15, -0.1) is 6.58 Å². The summed E-state index contributed by atoms with van der Waals surface area (Å²) in [5, 5.41) is 8.73. The standard InChI is InChI=1S/C9H9ClN2O2/c1-2-3-5-4-6(11)7(10)8(12-5)9(13)14/h2,4H,1,3H2,(H2,11,12)(H,13,14). The minimum Gasteiger partial charge on any atom is -0.476 e. The Bertz CT molecular complexity index is 391. The van der Waals surface area contributed by atoms with Gasteiger partial charge in [0.25, 0.3) is 0 Å². The summed E-state index contributed by atoms with van der Waals surface area (Å²) in [7, 11) is 0. The number of aromatic nitrogens is 1. The van der Waals surface area contributed by atoms with Crippen LogP contribution in [0.5, 0.6) is 0 Å². The van der Waals surface area contributed by atoms with Gasteiger partial charge in [0, 0.05) is 12.1 Å². The second-order valence-electron chi connectivity index (χ2n) is 2.66. The molecule has 5 heteroatoms. The van der Waals surface area contributed by atoms with Gasteiger partial charge in [0.15, 0.2) is 5.69 Å². The summed E-state index contributed by atoms with van der Waals surface area (Å²) < 4.78 is 0. The van der Waals surface area contributed by atoms with Crippen LogP contribution >= 0.6 is 11.6 Å². The predicted octanol–water partition coefficient (Wildman–Crippen LogP) is 1.74. The lowest BCUT2D eigenvalue weighted by atomic mass is 10.2. The molecule has 0 aliphatic heterocycles. The molecule has 0 spiro atoms. The van der Waals surface area contributed by atoms with E-state index in [4.69, 9.17) is 22.4 Å². The zero-order valence-corrected chi connectivity index (χ0v) is 8.08. The number of aromatic carboxylic acids is 1. The van der Waals surface area contributed by atoms with Crippen molar-refractivity contribution in [3.63, 3.8) is 0 Å². The monoisotopic (exact) mass is 212 g/mol. The summed E-state index contributed by atoms with van der Waals surface area (Å²) in [6, 6.07) is 1.54. The van der Waals surface area contributed by atoms with Crippen molar-refractivity contribution in [1.29, 1.82) is 0 Å². The lowest BCUT2D eigenvalue weighted by Gasteiger charge is -2.04. The molecule has 14 heavy (non-hydrogen) atoms. The van der Waals surface area contributed by atoms with Gasteiger partial charge in [-0.05, 0) is 6.07 Å². The van der Waals surface area contributed by atoms with Crippen LogP contribution in [0.25, 0.3) is 0 Å². The molecule has 1 aromatic heterocycles. The number of pyridine rings is 1. The van der Waals surface area contributed by atoms with Crippen LogP contribution in [0.2, 0.25) is 5.02 Å². The molecular weight excluding hydrogens is 204 g/mol. The smallest absolute Gasteiger partial charge is 0.356 e. The Morgan fingerprint density at radius 3 is 2.93 bits per heavy atom. The van der Waals surface area contributed by atoms with Crippen molar-refractivity contribution in [3.05, 3.63) is 35.1 Å². The zero-order chi connectivity index (χ0) is 10.7. The van der Waals surface area contributed by atoms with Crippen LogP contribution in [0.3, 0.4) is 0 Å². The molecule has 4 nitrogen and oxygen atoms in total. The van der Waals surface area contributed by atoms with E-state index >= 15 is 0 Å². The summed E-state index contributed by atoms with van der Waals surface area (Å²) in [4.78, 5) is 14.5. The molecule has 0 aliphatic carbocycles. The highest BCUT2D eigenvalue weighted by Gasteiger charge is 2.14. The molecule has 0 fully saturated rings. The number of nitrogens with zero attached hydrogens (tertiary/aromatic N) is 1. The van der Waals surface area contributed by atoms with Gasteiger partial charge in [-0.1, -0.05) is 17.7 Å². The van der Waals surface area contributed by atoms with Gasteiger partial charge < -0.3 is 10.8 Å². The maximum absolute atomic E-state index is 10.7. The van der Waals surface area contributed by atoms with Gasteiger partial charge in [-0.25, -0.2) is 9.78 Å². The van der Waals surface area contributed by atoms with Crippen LogP contribution in [0.1, 0.15) is 16.2 Å². The fourth-order valence-electron chi connectivity index (χ4n) is 0.999. The topological polar surface area (TPSA) is 76.2 Å². The second kappa shape index (κ2) is 4.11. The second-order valence-corrected chi connectivity index (χ2v) is 3.04. The van der Waals surface area contributed by atoms with Crippen LogP contribution in [-0.4, -0.2) is 16.1 Å². The number of hydrogen-bond donors (Lipinski definition) is 2. The normalized spacial score (nSPS) is 9.79. The lowest BCUT2D eigenvalue weighted by molar-refractivity contribution is 0.0690. The van der Waals surface area contributed by atoms with Crippen LogP contribution in [0.4, 0.5) is 5.69 Å². The maximum Gasteiger partial charge on any atom is 0.356 e. The summed E-state index contributed by atoms with van der Waals surface area (Å²) in [6.07, 6.45) is 2.07. The van der Waals surface area contributed by atoms with Crippen molar-refractivity contribution in [1.82, 2.24) is 4.98 Å². The maximum atomic E-state index is 10.7. The van der Waals surface area contributed by atoms with E-state index in [2.05, 4.69) is 11.6 Å². The highest BCUT2D eigenvalue weighted by Crippen LogP contribution is 2.23. The SMILES string of the molecule is C=CCc1cc(N)c(Cl)c(C(=O)O)n1. The molecular formula is C9H9ClN2O2. The van der Waals surface area contributed by atoms with E-state index in [0.29, 0.717) is 12.1 Å². The number of carboxylic acids is 1. The van der Waals surface area contributed by atoms with Crippen molar-refractivity contribution >= 4 is 23.3 Å². The largest absolute Gasteiger partial charge is 0.476 e. The molecule has 1 aromatic rings. The first-order chi connectivity index (χ1) is 6.56. The van der Waals surface area contributed by atoms with Crippen molar-refractivity contribution in [2.24, 2.45) is 0 Å². The van der Waals surface area contributed by atoms with Gasteiger partial charge in [-0.2, -0.15) is 0 Å². The van der Waals surface area contributed by atoms with Crippen molar-refractivity contribution < 1.29 is 9.90 Å². The highest BCUT2D eigenvalue weighted by molar-refractivity contribution is 6.35. The fourth-order valence-corrected chi connectivity index (χ4v) is 1.18. The average molecular weight is 213 g/mol. The van der Waals surface area contributed by atoms with Crippen molar-refractivity contribution in [3.8, 4) is 0 Å². The molecule has 0 aliphatic rings. The molecule has 1 heterocycles. The Labute approximate surface area is 86.0 Å². The Kier molecular flexibility index (Phi) is 3.09. The fraction of sp³-hybridized carbons (Fsp3) is 0.111. The minimum atomic E-state index is -1.19. The van der Waals surface area contributed by atoms with Gasteiger partial charge in [0.1, 0.15) is 0 Å². The Balaban J connectivity index is 3.27. The van der Waals surface area contributed by atoms with E-state index in [1.165, 1.54) is 6.07 Å². The summed E-state index contributed by atoms with van der Waals surface area (Å²) >= 11 is 5.67. The first-order valence-corrected chi connectivity index (χ1v) is 4.23. The number of nitrogen functional groups attached to an aromatic ring is 1. The number of nitrogens with two attached hydrogens (primary N) is 1. The highest BCUT2D eigenvalue weighted by atomic mass is 35.5. The van der Waals surface area contributed by atoms with Crippen molar-refractivity contribution in [2.75, 3.05) is 5.73 Å². The molecule has 1 rings (SSSR count). The first kappa shape index (κ1) is 10.5. The summed E-state index contributed by atoms with van der Waals surface area (Å²) in [5.41, 5.74) is 6.06. The lowest BCUT2D eigenvalue weighted by Crippen LogP contribution is -2.06. The average Bonchev–Trinajstić information content (AvgIpc) is 2.11. The number of halogens is 1. The number of carbonyl (C=O) groups is 1. The Morgan fingerprint density at radius 2 is 2.43 bits per heavy atom. The molecule has 0 unspecified atom stereocenters. The Morgan fingerprint density at radius 1 is 1.79 bits per heavy atom. The summed E-state index contributed by atoms with van der Waals surface area (Å²) in [6.45, 7) is 3.52. The zero-order valence-electron chi connectivity index (χ0n) is 7.33. The molecule has 74 valence electrons. The molecule has 0 saturated carbocycles. The van der Waals surface area contributed by atoms with E-state index in [1.807, 2.05) is 0 Å². The quantitative estimate of drug-likeness (QED) is 0.749. The summed E-state index contributed by atoms with van der Waals surface area (Å²) in [5.74, 6) is -1.19. The van der Waals surface area contributed by atoms with E-state index in [9.17, 15) is 4.79 Å². The number of hydrogen-bond acceptors (Lipinski definition) is 3.